The molecule has 0 aliphatic carbocycles. The maximum atomic E-state index is 13.7. The van der Waals surface area contributed by atoms with E-state index in [2.05, 4.69) is 10.5 Å². The largest absolute Gasteiger partial charge is 0.271 e. The standard InChI is InChI=1S/C23H21ClFN3O3S/c1-16-7-10-20(11-8-16)32(30,31)28(22-12-9-19(24)13-17(22)2)15-23(29)27-26-14-18-5-3-4-6-21(18)25/h3-14H,15H2,1-2H3,(H,27,29)/b26-14+. The quantitative estimate of drug-likeness (QED) is 0.407. The minimum Gasteiger partial charge on any atom is -0.271 e. The normalized spacial score (nSPS) is 11.5. The van der Waals surface area contributed by atoms with Crippen molar-refractivity contribution in [3.05, 3.63) is 94.3 Å². The van der Waals surface area contributed by atoms with E-state index >= 15 is 0 Å². The summed E-state index contributed by atoms with van der Waals surface area (Å²) in [6.45, 7) is 3.01. The Hall–Kier alpha value is -3.23. The number of hydrogen-bond donors (Lipinski definition) is 1. The van der Waals surface area contributed by atoms with Crippen molar-refractivity contribution in [2.75, 3.05) is 10.8 Å². The summed E-state index contributed by atoms with van der Waals surface area (Å²) in [5.41, 5.74) is 4.23. The van der Waals surface area contributed by atoms with Crippen LogP contribution < -0.4 is 9.73 Å². The molecule has 1 amide bonds. The van der Waals surface area contributed by atoms with Crippen molar-refractivity contribution in [1.82, 2.24) is 5.43 Å². The van der Waals surface area contributed by atoms with Gasteiger partial charge in [-0.3, -0.25) is 9.10 Å². The Kier molecular flexibility index (Phi) is 7.27. The molecular weight excluding hydrogens is 453 g/mol. The summed E-state index contributed by atoms with van der Waals surface area (Å²) in [5, 5.41) is 4.19. The van der Waals surface area contributed by atoms with E-state index in [0.29, 0.717) is 16.3 Å². The monoisotopic (exact) mass is 473 g/mol. The lowest BCUT2D eigenvalue weighted by molar-refractivity contribution is -0.119. The Morgan fingerprint density at radius 3 is 2.44 bits per heavy atom. The highest BCUT2D eigenvalue weighted by molar-refractivity contribution is 7.92. The predicted octanol–water partition coefficient (Wildman–Crippen LogP) is 4.44. The molecule has 0 aliphatic rings. The van der Waals surface area contributed by atoms with Crippen molar-refractivity contribution >= 4 is 39.4 Å². The number of anilines is 1. The van der Waals surface area contributed by atoms with Crippen LogP contribution in [0.15, 0.2) is 76.7 Å². The Morgan fingerprint density at radius 2 is 1.78 bits per heavy atom. The smallest absolute Gasteiger partial charge is 0.264 e. The minimum atomic E-state index is -4.07. The van der Waals surface area contributed by atoms with Gasteiger partial charge in [0.05, 0.1) is 16.8 Å². The molecule has 9 heteroatoms. The van der Waals surface area contributed by atoms with Gasteiger partial charge in [0.25, 0.3) is 15.9 Å². The molecule has 0 aliphatic heterocycles. The van der Waals surface area contributed by atoms with Crippen molar-refractivity contribution in [3.63, 3.8) is 0 Å². The average molecular weight is 474 g/mol. The first-order valence-corrected chi connectivity index (χ1v) is 11.4. The molecule has 0 bridgehead atoms. The second-order valence-electron chi connectivity index (χ2n) is 7.07. The Bertz CT molecular complexity index is 1260. The first-order valence-electron chi connectivity index (χ1n) is 9.60. The minimum absolute atomic E-state index is 0.0418. The van der Waals surface area contributed by atoms with Gasteiger partial charge < -0.3 is 0 Å². The van der Waals surface area contributed by atoms with E-state index in [9.17, 15) is 17.6 Å². The fourth-order valence-electron chi connectivity index (χ4n) is 2.96. The maximum absolute atomic E-state index is 13.7. The zero-order chi connectivity index (χ0) is 23.3. The fraction of sp³-hybridized carbons (Fsp3) is 0.130. The summed E-state index contributed by atoms with van der Waals surface area (Å²) in [6, 6.07) is 17.0. The Morgan fingerprint density at radius 1 is 1.09 bits per heavy atom. The van der Waals surface area contributed by atoms with E-state index in [4.69, 9.17) is 11.6 Å². The van der Waals surface area contributed by atoms with Crippen molar-refractivity contribution in [2.45, 2.75) is 18.7 Å². The molecule has 0 aromatic heterocycles. The van der Waals surface area contributed by atoms with Crippen LogP contribution in [0.25, 0.3) is 0 Å². The number of nitrogens with one attached hydrogen (secondary N) is 1. The Labute approximate surface area is 191 Å². The second-order valence-corrected chi connectivity index (χ2v) is 9.37. The van der Waals surface area contributed by atoms with E-state index in [-0.39, 0.29) is 10.5 Å². The second kappa shape index (κ2) is 9.93. The van der Waals surface area contributed by atoms with E-state index in [1.54, 1.807) is 43.3 Å². The molecule has 0 spiro atoms. The van der Waals surface area contributed by atoms with E-state index in [1.165, 1.54) is 30.3 Å². The third kappa shape index (κ3) is 5.52. The van der Waals surface area contributed by atoms with E-state index in [0.717, 1.165) is 16.1 Å². The highest BCUT2D eigenvalue weighted by Crippen LogP contribution is 2.29. The number of carbonyl (C=O) groups excluding carboxylic acids is 1. The van der Waals surface area contributed by atoms with Gasteiger partial charge in [-0.05, 0) is 55.8 Å². The van der Waals surface area contributed by atoms with Crippen LogP contribution in [-0.4, -0.2) is 27.1 Å². The predicted molar refractivity (Wildman–Crippen MR) is 124 cm³/mol. The van der Waals surface area contributed by atoms with Crippen LogP contribution in [0.2, 0.25) is 5.02 Å². The summed E-state index contributed by atoms with van der Waals surface area (Å²) in [6.07, 6.45) is 1.15. The van der Waals surface area contributed by atoms with Crippen LogP contribution in [0.1, 0.15) is 16.7 Å². The SMILES string of the molecule is Cc1ccc(S(=O)(=O)N(CC(=O)N/N=C/c2ccccc2F)c2ccc(Cl)cc2C)cc1. The van der Waals surface area contributed by atoms with Gasteiger partial charge in [-0.1, -0.05) is 47.5 Å². The van der Waals surface area contributed by atoms with E-state index in [1.807, 2.05) is 6.92 Å². The molecule has 0 atom stereocenters. The van der Waals surface area contributed by atoms with E-state index < -0.39 is 28.3 Å². The lowest BCUT2D eigenvalue weighted by atomic mass is 10.2. The van der Waals surface area contributed by atoms with Gasteiger partial charge in [-0.2, -0.15) is 5.10 Å². The third-order valence-electron chi connectivity index (χ3n) is 4.62. The highest BCUT2D eigenvalue weighted by Gasteiger charge is 2.28. The van der Waals surface area contributed by atoms with Crippen molar-refractivity contribution in [1.29, 1.82) is 0 Å². The summed E-state index contributed by atoms with van der Waals surface area (Å²) in [7, 11) is -4.07. The van der Waals surface area contributed by atoms with Gasteiger partial charge >= 0.3 is 0 Å². The number of amides is 1. The van der Waals surface area contributed by atoms with Crippen molar-refractivity contribution < 1.29 is 17.6 Å². The fourth-order valence-corrected chi connectivity index (χ4v) is 4.67. The van der Waals surface area contributed by atoms with Crippen LogP contribution in [0.3, 0.4) is 0 Å². The van der Waals surface area contributed by atoms with Crippen LogP contribution >= 0.6 is 11.6 Å². The van der Waals surface area contributed by atoms with Crippen LogP contribution in [0, 0.1) is 19.7 Å². The topological polar surface area (TPSA) is 78.8 Å². The number of carbonyl (C=O) groups is 1. The van der Waals surface area contributed by atoms with Crippen LogP contribution in [0.5, 0.6) is 0 Å². The molecular formula is C23H21ClFN3O3S. The summed E-state index contributed by atoms with van der Waals surface area (Å²) >= 11 is 6.02. The number of benzene rings is 3. The molecule has 0 heterocycles. The van der Waals surface area contributed by atoms with Gasteiger partial charge in [0.15, 0.2) is 0 Å². The zero-order valence-corrected chi connectivity index (χ0v) is 19.0. The molecule has 0 saturated heterocycles. The number of hydrogen-bond acceptors (Lipinski definition) is 4. The van der Waals surface area contributed by atoms with Crippen LogP contribution in [-0.2, 0) is 14.8 Å². The molecule has 0 radical (unpaired) electrons. The molecule has 3 aromatic carbocycles. The number of sulfonamides is 1. The molecule has 6 nitrogen and oxygen atoms in total. The van der Waals surface area contributed by atoms with Gasteiger partial charge in [-0.25, -0.2) is 18.2 Å². The lowest BCUT2D eigenvalue weighted by Crippen LogP contribution is -2.40. The van der Waals surface area contributed by atoms with Crippen LogP contribution in [0.4, 0.5) is 10.1 Å². The lowest BCUT2D eigenvalue weighted by Gasteiger charge is -2.25. The van der Waals surface area contributed by atoms with Crippen molar-refractivity contribution in [3.8, 4) is 0 Å². The van der Waals surface area contributed by atoms with Gasteiger partial charge in [0.1, 0.15) is 12.4 Å². The Balaban J connectivity index is 1.90. The molecule has 0 fully saturated rings. The zero-order valence-electron chi connectivity index (χ0n) is 17.4. The van der Waals surface area contributed by atoms with Crippen molar-refractivity contribution in [2.24, 2.45) is 5.10 Å². The number of rotatable bonds is 7. The average Bonchev–Trinajstić information content (AvgIpc) is 2.74. The molecule has 3 rings (SSSR count). The maximum Gasteiger partial charge on any atom is 0.264 e. The van der Waals surface area contributed by atoms with Gasteiger partial charge in [0.2, 0.25) is 0 Å². The molecule has 1 N–H and O–H groups in total. The number of aryl methyl sites for hydroxylation is 2. The molecule has 166 valence electrons. The van der Waals surface area contributed by atoms with Gasteiger partial charge in [0, 0.05) is 10.6 Å². The molecule has 0 unspecified atom stereocenters. The number of hydrazone groups is 1. The first-order chi connectivity index (χ1) is 15.2. The summed E-state index contributed by atoms with van der Waals surface area (Å²) in [5.74, 6) is -1.19. The molecule has 3 aromatic rings. The van der Waals surface area contributed by atoms with Gasteiger partial charge in [-0.15, -0.1) is 0 Å². The summed E-state index contributed by atoms with van der Waals surface area (Å²) in [4.78, 5) is 12.6. The first kappa shape index (κ1) is 23.4. The molecule has 0 saturated carbocycles. The summed E-state index contributed by atoms with van der Waals surface area (Å²) < 4.78 is 41.5. The number of halogens is 2. The molecule has 32 heavy (non-hydrogen) atoms. The number of nitrogens with zero attached hydrogens (tertiary/aromatic N) is 2. The highest BCUT2D eigenvalue weighted by atomic mass is 35.5. The third-order valence-corrected chi connectivity index (χ3v) is 6.63.